The van der Waals surface area contributed by atoms with Gasteiger partial charge in [-0.1, -0.05) is 0 Å². The summed E-state index contributed by atoms with van der Waals surface area (Å²) in [5, 5.41) is -0.235. The van der Waals surface area contributed by atoms with Crippen LogP contribution in [0.3, 0.4) is 0 Å². The zero-order chi connectivity index (χ0) is 14.2. The lowest BCUT2D eigenvalue weighted by Crippen LogP contribution is -2.02. The van der Waals surface area contributed by atoms with E-state index in [9.17, 15) is 8.42 Å². The van der Waals surface area contributed by atoms with Crippen molar-refractivity contribution in [2.24, 2.45) is 0 Å². The van der Waals surface area contributed by atoms with Crippen molar-refractivity contribution >= 4 is 39.0 Å². The fourth-order valence-electron chi connectivity index (χ4n) is 1.35. The predicted molar refractivity (Wildman–Crippen MR) is 69.5 cm³/mol. The van der Waals surface area contributed by atoms with Crippen LogP contribution in [-0.4, -0.2) is 27.9 Å². The molecule has 1 heterocycles. The second-order valence-corrected chi connectivity index (χ2v) is 5.52. The molecule has 0 unspecified atom stereocenters. The molecule has 10 heteroatoms. The van der Waals surface area contributed by atoms with Crippen LogP contribution in [0.5, 0.6) is 0 Å². The number of anilines is 1. The third kappa shape index (κ3) is 3.10. The summed E-state index contributed by atoms with van der Waals surface area (Å²) in [6.45, 7) is 0. The fourth-order valence-corrected chi connectivity index (χ4v) is 2.23. The van der Waals surface area contributed by atoms with Gasteiger partial charge in [0, 0.05) is 11.3 Å². The molecule has 7 nitrogen and oxygen atoms in total. The van der Waals surface area contributed by atoms with Crippen LogP contribution in [0.1, 0.15) is 0 Å². The van der Waals surface area contributed by atoms with E-state index >= 15 is 0 Å². The zero-order valence-electron chi connectivity index (χ0n) is 9.08. The maximum absolute atomic E-state index is 11.0. The molecule has 3 N–H and O–H groups in total. The average Bonchev–Trinajstić information content (AvgIpc) is 2.26. The number of nitrogens with zero attached hydrogens (tertiary/aromatic N) is 3. The summed E-state index contributed by atoms with van der Waals surface area (Å²) in [4.78, 5) is 10.9. The Morgan fingerprint density at radius 2 is 1.68 bits per heavy atom. The number of hydrogen-bond donors (Lipinski definition) is 2. The van der Waals surface area contributed by atoms with E-state index in [1.807, 2.05) is 0 Å². The summed E-state index contributed by atoms with van der Waals surface area (Å²) >= 11 is 11.3. The minimum absolute atomic E-state index is 0.0495. The molecule has 0 saturated heterocycles. The molecule has 2 aromatic rings. The molecule has 0 aliphatic heterocycles. The topological polar surface area (TPSA) is 119 Å². The van der Waals surface area contributed by atoms with E-state index in [1.54, 1.807) is 0 Å². The maximum atomic E-state index is 11.0. The molecule has 0 atom stereocenters. The van der Waals surface area contributed by atoms with Gasteiger partial charge in [-0.3, -0.25) is 4.55 Å². The van der Waals surface area contributed by atoms with Crippen molar-refractivity contribution in [1.82, 2.24) is 15.0 Å². The minimum Gasteiger partial charge on any atom is -0.398 e. The van der Waals surface area contributed by atoms with Gasteiger partial charge in [-0.2, -0.15) is 23.4 Å². The first kappa shape index (κ1) is 13.9. The molecule has 1 aromatic heterocycles. The van der Waals surface area contributed by atoms with Crippen LogP contribution in [0.4, 0.5) is 5.69 Å². The van der Waals surface area contributed by atoms with E-state index in [0.29, 0.717) is 5.56 Å². The minimum atomic E-state index is -4.33. The van der Waals surface area contributed by atoms with Crippen LogP contribution >= 0.6 is 23.2 Å². The van der Waals surface area contributed by atoms with Gasteiger partial charge in [0.2, 0.25) is 10.6 Å². The van der Waals surface area contributed by atoms with Crippen molar-refractivity contribution in [2.75, 3.05) is 5.73 Å². The van der Waals surface area contributed by atoms with Gasteiger partial charge < -0.3 is 5.73 Å². The summed E-state index contributed by atoms with van der Waals surface area (Å²) in [5.41, 5.74) is 6.06. The first-order valence-corrected chi connectivity index (χ1v) is 6.91. The van der Waals surface area contributed by atoms with Gasteiger partial charge in [-0.05, 0) is 41.4 Å². The lowest BCUT2D eigenvalue weighted by molar-refractivity contribution is 0.483. The molecule has 1 aromatic carbocycles. The summed E-state index contributed by atoms with van der Waals surface area (Å²) in [6.07, 6.45) is 0. The monoisotopic (exact) mass is 320 g/mol. The predicted octanol–water partition coefficient (Wildman–Crippen LogP) is 1.67. The Bertz CT molecular complexity index is 731. The summed E-state index contributed by atoms with van der Waals surface area (Å²) in [5.74, 6) is 0.101. The average molecular weight is 321 g/mol. The number of hydrogen-bond acceptors (Lipinski definition) is 6. The van der Waals surface area contributed by atoms with Gasteiger partial charge in [0.15, 0.2) is 5.82 Å². The Balaban J connectivity index is 2.58. The molecular weight excluding hydrogens is 315 g/mol. The third-order valence-corrected chi connectivity index (χ3v) is 3.33. The van der Waals surface area contributed by atoms with Crippen LogP contribution in [0.25, 0.3) is 11.4 Å². The third-order valence-electron chi connectivity index (χ3n) is 2.14. The van der Waals surface area contributed by atoms with Crippen molar-refractivity contribution < 1.29 is 13.0 Å². The molecule has 0 radical (unpaired) electrons. The lowest BCUT2D eigenvalue weighted by atomic mass is 10.2. The molecular formula is C9H6Cl2N4O3S. The Kier molecular flexibility index (Phi) is 3.59. The number of rotatable bonds is 2. The highest BCUT2D eigenvalue weighted by atomic mass is 35.5. The highest BCUT2D eigenvalue weighted by Gasteiger charge is 2.14. The molecule has 0 spiro atoms. The Labute approximate surface area is 118 Å². The fraction of sp³-hybridized carbons (Fsp3) is 0. The van der Waals surface area contributed by atoms with Gasteiger partial charge in [-0.15, -0.1) is 0 Å². The highest BCUT2D eigenvalue weighted by molar-refractivity contribution is 7.85. The second-order valence-electron chi connectivity index (χ2n) is 3.42. The van der Waals surface area contributed by atoms with E-state index < -0.39 is 10.1 Å². The molecule has 100 valence electrons. The van der Waals surface area contributed by atoms with Gasteiger partial charge in [0.1, 0.15) is 0 Å². The van der Waals surface area contributed by atoms with Crippen molar-refractivity contribution in [3.05, 3.63) is 28.8 Å². The van der Waals surface area contributed by atoms with Crippen LogP contribution in [0.15, 0.2) is 23.1 Å². The largest absolute Gasteiger partial charge is 0.398 e. The van der Waals surface area contributed by atoms with Gasteiger partial charge >= 0.3 is 0 Å². The first-order valence-electron chi connectivity index (χ1n) is 4.72. The molecule has 0 bridgehead atoms. The quantitative estimate of drug-likeness (QED) is 0.638. The van der Waals surface area contributed by atoms with Crippen LogP contribution in [0.2, 0.25) is 10.6 Å². The van der Waals surface area contributed by atoms with E-state index in [0.717, 1.165) is 12.1 Å². The first-order chi connectivity index (χ1) is 8.77. The van der Waals surface area contributed by atoms with Crippen molar-refractivity contribution in [2.45, 2.75) is 4.90 Å². The van der Waals surface area contributed by atoms with Crippen molar-refractivity contribution in [3.8, 4) is 11.4 Å². The van der Waals surface area contributed by atoms with Crippen LogP contribution < -0.4 is 5.73 Å². The molecule has 0 fully saturated rings. The summed E-state index contributed by atoms with van der Waals surface area (Å²) in [6, 6.07) is 3.57. The lowest BCUT2D eigenvalue weighted by Gasteiger charge is -2.06. The second kappa shape index (κ2) is 4.89. The normalized spacial score (nSPS) is 11.5. The maximum Gasteiger partial charge on any atom is 0.294 e. The Morgan fingerprint density at radius 1 is 1.11 bits per heavy atom. The SMILES string of the molecule is Nc1cc(S(=O)(=O)O)ccc1-c1nc(Cl)nc(Cl)n1. The van der Waals surface area contributed by atoms with Crippen molar-refractivity contribution in [1.29, 1.82) is 0 Å². The molecule has 19 heavy (non-hydrogen) atoms. The zero-order valence-corrected chi connectivity index (χ0v) is 11.4. The number of nitrogens with two attached hydrogens (primary N) is 1. The Morgan fingerprint density at radius 3 is 2.16 bits per heavy atom. The number of nitrogen functional groups attached to an aromatic ring is 1. The van der Waals surface area contributed by atoms with Gasteiger partial charge in [0.25, 0.3) is 10.1 Å². The molecule has 0 aliphatic carbocycles. The molecule has 0 amide bonds. The van der Waals surface area contributed by atoms with Crippen molar-refractivity contribution in [3.63, 3.8) is 0 Å². The molecule has 0 aliphatic rings. The van der Waals surface area contributed by atoms with Gasteiger partial charge in [-0.25, -0.2) is 0 Å². The number of aromatic nitrogens is 3. The summed E-state index contributed by atoms with van der Waals surface area (Å²) in [7, 11) is -4.33. The molecule has 0 saturated carbocycles. The van der Waals surface area contributed by atoms with E-state index in [1.165, 1.54) is 6.07 Å². The number of halogens is 2. The van der Waals surface area contributed by atoms with E-state index in [-0.39, 0.29) is 27.0 Å². The van der Waals surface area contributed by atoms with E-state index in [4.69, 9.17) is 33.5 Å². The number of benzene rings is 1. The Hall–Kier alpha value is -1.48. The summed E-state index contributed by atoms with van der Waals surface area (Å²) < 4.78 is 30.8. The van der Waals surface area contributed by atoms with Crippen LogP contribution in [-0.2, 0) is 10.1 Å². The smallest absolute Gasteiger partial charge is 0.294 e. The van der Waals surface area contributed by atoms with E-state index in [2.05, 4.69) is 15.0 Å². The standard InChI is InChI=1S/C9H6Cl2N4O3S/c10-8-13-7(14-9(11)15-8)5-2-1-4(3-6(5)12)19(16,17)18/h1-3H,12H2,(H,16,17,18). The molecule has 2 rings (SSSR count). The highest BCUT2D eigenvalue weighted by Crippen LogP contribution is 2.26. The van der Waals surface area contributed by atoms with Crippen LogP contribution in [0, 0.1) is 0 Å². The van der Waals surface area contributed by atoms with Gasteiger partial charge in [0.05, 0.1) is 4.90 Å².